The van der Waals surface area contributed by atoms with Crippen LogP contribution in [0.15, 0.2) is 30.5 Å². The van der Waals surface area contributed by atoms with Gasteiger partial charge in [0.1, 0.15) is 5.82 Å². The van der Waals surface area contributed by atoms with E-state index in [4.69, 9.17) is 0 Å². The van der Waals surface area contributed by atoms with Gasteiger partial charge in [-0.3, -0.25) is 5.32 Å². The van der Waals surface area contributed by atoms with E-state index in [1.807, 2.05) is 6.92 Å². The summed E-state index contributed by atoms with van der Waals surface area (Å²) in [4.78, 5) is 17.7. The number of benzene rings is 1. The van der Waals surface area contributed by atoms with Gasteiger partial charge < -0.3 is 4.90 Å². The molecular weight excluding hydrogens is 331 g/mol. The van der Waals surface area contributed by atoms with Gasteiger partial charge in [0.25, 0.3) is 0 Å². The van der Waals surface area contributed by atoms with E-state index in [0.29, 0.717) is 30.9 Å². The first-order valence-electron chi connectivity index (χ1n) is 7.99. The number of nitrogens with zero attached hydrogens (tertiary/aromatic N) is 2. The largest absolute Gasteiger partial charge is 0.416 e. The number of nitrogens with one attached hydrogen (secondary N) is 1. The molecule has 0 aliphatic carbocycles. The number of carbonyl (C=O) groups excluding carboxylic acids is 1. The van der Waals surface area contributed by atoms with Crippen molar-refractivity contribution < 1.29 is 18.0 Å². The standard InChI is InChI=1S/C18H18F3N3O/c1-3-24-10-14-13(7-8-22-16(14)23-17(24)25)9-12-5-4-6-15(11(12)2)18(19,20)21/h4-8H,3,9-10H2,1-2H3,(H,22,23,25). The minimum Gasteiger partial charge on any atom is -0.320 e. The zero-order valence-corrected chi connectivity index (χ0v) is 13.9. The molecule has 0 fully saturated rings. The minimum atomic E-state index is -4.37. The lowest BCUT2D eigenvalue weighted by Gasteiger charge is -2.29. The Kier molecular flexibility index (Phi) is 4.41. The van der Waals surface area contributed by atoms with Crippen LogP contribution in [0.4, 0.5) is 23.8 Å². The fourth-order valence-electron chi connectivity index (χ4n) is 3.07. The Hall–Kier alpha value is -2.57. The summed E-state index contributed by atoms with van der Waals surface area (Å²) < 4.78 is 39.4. The number of anilines is 1. The fourth-order valence-corrected chi connectivity index (χ4v) is 3.07. The zero-order valence-electron chi connectivity index (χ0n) is 13.9. The molecule has 1 aromatic heterocycles. The van der Waals surface area contributed by atoms with Crippen LogP contribution in [0.3, 0.4) is 0 Å². The summed E-state index contributed by atoms with van der Waals surface area (Å²) in [5.74, 6) is 0.483. The second-order valence-corrected chi connectivity index (χ2v) is 6.01. The number of hydrogen-bond acceptors (Lipinski definition) is 2. The number of carbonyl (C=O) groups is 1. The summed E-state index contributed by atoms with van der Waals surface area (Å²) in [6.07, 6.45) is -2.45. The normalized spacial score (nSPS) is 14.3. The third-order valence-corrected chi connectivity index (χ3v) is 4.53. The third-order valence-electron chi connectivity index (χ3n) is 4.53. The highest BCUT2D eigenvalue weighted by Gasteiger charge is 2.33. The SMILES string of the molecule is CCN1Cc2c(Cc3cccc(C(F)(F)F)c3C)ccnc2NC1=O. The van der Waals surface area contributed by atoms with Crippen LogP contribution in [0, 0.1) is 6.92 Å². The number of urea groups is 1. The number of fused-ring (bicyclic) bond motifs is 1. The molecule has 1 aliphatic rings. The van der Waals surface area contributed by atoms with Crippen molar-refractivity contribution in [2.75, 3.05) is 11.9 Å². The van der Waals surface area contributed by atoms with Crippen LogP contribution in [0.2, 0.25) is 0 Å². The third kappa shape index (κ3) is 3.31. The van der Waals surface area contributed by atoms with Gasteiger partial charge in [0.2, 0.25) is 0 Å². The Labute approximate surface area is 143 Å². The summed E-state index contributed by atoms with van der Waals surface area (Å²) >= 11 is 0. The monoisotopic (exact) mass is 349 g/mol. The number of aromatic nitrogens is 1. The van der Waals surface area contributed by atoms with Gasteiger partial charge in [-0.1, -0.05) is 12.1 Å². The summed E-state index contributed by atoms with van der Waals surface area (Å²) in [7, 11) is 0. The molecule has 0 radical (unpaired) electrons. The molecule has 0 saturated heterocycles. The lowest BCUT2D eigenvalue weighted by Crippen LogP contribution is -2.39. The van der Waals surface area contributed by atoms with Gasteiger partial charge in [-0.05, 0) is 49.1 Å². The van der Waals surface area contributed by atoms with Crippen molar-refractivity contribution in [3.8, 4) is 0 Å². The highest BCUT2D eigenvalue weighted by atomic mass is 19.4. The van der Waals surface area contributed by atoms with Crippen molar-refractivity contribution in [1.82, 2.24) is 9.88 Å². The fraction of sp³-hybridized carbons (Fsp3) is 0.333. The molecule has 1 N–H and O–H groups in total. The Morgan fingerprint density at radius 2 is 2.00 bits per heavy atom. The zero-order chi connectivity index (χ0) is 18.2. The molecule has 4 nitrogen and oxygen atoms in total. The highest BCUT2D eigenvalue weighted by molar-refractivity contribution is 5.91. The smallest absolute Gasteiger partial charge is 0.320 e. The maximum absolute atomic E-state index is 13.1. The van der Waals surface area contributed by atoms with Gasteiger partial charge in [-0.2, -0.15) is 13.2 Å². The molecular formula is C18H18F3N3O. The van der Waals surface area contributed by atoms with E-state index in [9.17, 15) is 18.0 Å². The van der Waals surface area contributed by atoms with Crippen LogP contribution in [0.5, 0.6) is 0 Å². The topological polar surface area (TPSA) is 45.2 Å². The van der Waals surface area contributed by atoms with Crippen molar-refractivity contribution in [3.05, 3.63) is 58.3 Å². The van der Waals surface area contributed by atoms with Crippen LogP contribution in [-0.2, 0) is 19.1 Å². The molecule has 3 rings (SSSR count). The predicted octanol–water partition coefficient (Wildman–Crippen LogP) is 4.37. The maximum atomic E-state index is 13.1. The van der Waals surface area contributed by atoms with Crippen LogP contribution in [0.25, 0.3) is 0 Å². The maximum Gasteiger partial charge on any atom is 0.416 e. The number of rotatable bonds is 3. The molecule has 2 heterocycles. The second-order valence-electron chi connectivity index (χ2n) is 6.01. The van der Waals surface area contributed by atoms with Gasteiger partial charge in [0.05, 0.1) is 12.1 Å². The van der Waals surface area contributed by atoms with E-state index in [1.165, 1.54) is 13.0 Å². The molecule has 1 aromatic carbocycles. The van der Waals surface area contributed by atoms with Crippen molar-refractivity contribution in [2.45, 2.75) is 33.0 Å². The number of halogens is 3. The van der Waals surface area contributed by atoms with Crippen molar-refractivity contribution in [2.24, 2.45) is 0 Å². The van der Waals surface area contributed by atoms with Crippen LogP contribution < -0.4 is 5.32 Å². The van der Waals surface area contributed by atoms with Crippen LogP contribution >= 0.6 is 0 Å². The van der Waals surface area contributed by atoms with E-state index in [-0.39, 0.29) is 11.6 Å². The Bertz CT molecular complexity index is 818. The molecule has 1 aliphatic heterocycles. The highest BCUT2D eigenvalue weighted by Crippen LogP contribution is 2.34. The van der Waals surface area contributed by atoms with E-state index in [2.05, 4.69) is 10.3 Å². The molecule has 0 atom stereocenters. The van der Waals surface area contributed by atoms with E-state index in [0.717, 1.165) is 17.2 Å². The molecule has 0 unspecified atom stereocenters. The lowest BCUT2D eigenvalue weighted by molar-refractivity contribution is -0.138. The molecule has 0 spiro atoms. The molecule has 2 aromatic rings. The minimum absolute atomic E-state index is 0.213. The molecule has 0 bridgehead atoms. The Morgan fingerprint density at radius 3 is 2.68 bits per heavy atom. The first kappa shape index (κ1) is 17.3. The Morgan fingerprint density at radius 1 is 1.24 bits per heavy atom. The van der Waals surface area contributed by atoms with Gasteiger partial charge in [-0.15, -0.1) is 0 Å². The van der Waals surface area contributed by atoms with Gasteiger partial charge in [0, 0.05) is 18.3 Å². The van der Waals surface area contributed by atoms with Crippen molar-refractivity contribution >= 4 is 11.8 Å². The quantitative estimate of drug-likeness (QED) is 0.894. The van der Waals surface area contributed by atoms with E-state index < -0.39 is 11.7 Å². The lowest BCUT2D eigenvalue weighted by atomic mass is 9.94. The number of alkyl halides is 3. The molecule has 2 amide bonds. The Balaban J connectivity index is 1.98. The van der Waals surface area contributed by atoms with Gasteiger partial charge >= 0.3 is 12.2 Å². The summed E-state index contributed by atoms with van der Waals surface area (Å²) in [6.45, 7) is 4.31. The number of pyridine rings is 1. The van der Waals surface area contributed by atoms with Gasteiger partial charge in [-0.25, -0.2) is 9.78 Å². The second kappa shape index (κ2) is 6.38. The average Bonchev–Trinajstić information content (AvgIpc) is 2.55. The first-order valence-corrected chi connectivity index (χ1v) is 7.99. The van der Waals surface area contributed by atoms with E-state index >= 15 is 0 Å². The van der Waals surface area contributed by atoms with Crippen molar-refractivity contribution in [1.29, 1.82) is 0 Å². The first-order chi connectivity index (χ1) is 11.8. The molecule has 132 valence electrons. The molecule has 25 heavy (non-hydrogen) atoms. The molecule has 7 heteroatoms. The van der Waals surface area contributed by atoms with Crippen LogP contribution in [0.1, 0.15) is 34.7 Å². The van der Waals surface area contributed by atoms with E-state index in [1.54, 1.807) is 23.2 Å². The number of amides is 2. The van der Waals surface area contributed by atoms with Crippen LogP contribution in [-0.4, -0.2) is 22.5 Å². The van der Waals surface area contributed by atoms with Crippen molar-refractivity contribution in [3.63, 3.8) is 0 Å². The molecule has 0 saturated carbocycles. The predicted molar refractivity (Wildman–Crippen MR) is 88.3 cm³/mol. The van der Waals surface area contributed by atoms with Gasteiger partial charge in [0.15, 0.2) is 0 Å². The average molecular weight is 349 g/mol. The summed E-state index contributed by atoms with van der Waals surface area (Å²) in [6, 6.07) is 5.81. The summed E-state index contributed by atoms with van der Waals surface area (Å²) in [5.41, 5.74) is 1.94. The summed E-state index contributed by atoms with van der Waals surface area (Å²) in [5, 5.41) is 2.73. The number of hydrogen-bond donors (Lipinski definition) is 1.